The van der Waals surface area contributed by atoms with Crippen LogP contribution >= 0.6 is 0 Å². The molecule has 3 rings (SSSR count). The number of hydrogen-bond donors (Lipinski definition) is 0. The topological polar surface area (TPSA) is 38.8 Å². The van der Waals surface area contributed by atoms with E-state index in [0.717, 1.165) is 40.8 Å². The quantitative estimate of drug-likeness (QED) is 0.406. The first kappa shape index (κ1) is 21.4. The molecule has 0 radical (unpaired) electrons. The van der Waals surface area contributed by atoms with E-state index in [1.165, 1.54) is 37.8 Å². The highest BCUT2D eigenvalue weighted by Gasteiger charge is 2.23. The molecule has 0 amide bonds. The van der Waals surface area contributed by atoms with Crippen molar-refractivity contribution in [2.45, 2.75) is 52.0 Å². The molecule has 1 aliphatic rings. The van der Waals surface area contributed by atoms with E-state index in [2.05, 4.69) is 36.9 Å². The Kier molecular flexibility index (Phi) is 7.70. The Morgan fingerprint density at radius 1 is 1.03 bits per heavy atom. The molecule has 0 heterocycles. The largest absolute Gasteiger partial charge is 0.491 e. The smallest absolute Gasteiger partial charge is 0.150 e. The fourth-order valence-corrected chi connectivity index (χ4v) is 4.31. The van der Waals surface area contributed by atoms with Crippen LogP contribution in [-0.4, -0.2) is 39.2 Å². The zero-order valence-corrected chi connectivity index (χ0v) is 17.9. The van der Waals surface area contributed by atoms with E-state index in [9.17, 15) is 4.79 Å². The van der Waals surface area contributed by atoms with Crippen LogP contribution in [0.1, 0.15) is 54.9 Å². The number of ether oxygens (including phenoxy) is 2. The molecule has 29 heavy (non-hydrogen) atoms. The van der Waals surface area contributed by atoms with Gasteiger partial charge in [0.2, 0.25) is 0 Å². The van der Waals surface area contributed by atoms with Gasteiger partial charge in [0, 0.05) is 30.9 Å². The molecule has 0 aliphatic heterocycles. The number of aldehydes is 1. The zero-order valence-electron chi connectivity index (χ0n) is 17.9. The average Bonchev–Trinajstić information content (AvgIpc) is 2.77. The maximum Gasteiger partial charge on any atom is 0.150 e. The van der Waals surface area contributed by atoms with E-state index in [1.807, 2.05) is 18.2 Å². The van der Waals surface area contributed by atoms with Crippen LogP contribution in [-0.2, 0) is 4.74 Å². The molecule has 0 spiro atoms. The van der Waals surface area contributed by atoms with Crippen LogP contribution in [0.3, 0.4) is 0 Å². The van der Waals surface area contributed by atoms with Crippen LogP contribution in [0, 0.1) is 6.92 Å². The first-order valence-corrected chi connectivity index (χ1v) is 10.8. The summed E-state index contributed by atoms with van der Waals surface area (Å²) in [6.45, 7) is 6.35. The highest BCUT2D eigenvalue weighted by Crippen LogP contribution is 2.35. The molecule has 0 unspecified atom stereocenters. The number of benzene rings is 2. The standard InChI is InChI=1S/C25H33NO3/c1-4-26(23-8-6-5-7-9-23)25-17-21(16-22(18-27)19(25)2)20-10-12-24(13-11-20)29-15-14-28-3/h10-13,16-18,23H,4-9,14-15H2,1-3H3. The van der Waals surface area contributed by atoms with Gasteiger partial charge in [0.15, 0.2) is 0 Å². The molecule has 4 nitrogen and oxygen atoms in total. The Bertz CT molecular complexity index is 794. The van der Waals surface area contributed by atoms with Crippen molar-refractivity contribution in [2.75, 3.05) is 31.8 Å². The summed E-state index contributed by atoms with van der Waals surface area (Å²) in [6.07, 6.45) is 7.39. The van der Waals surface area contributed by atoms with Crippen LogP contribution in [0.25, 0.3) is 11.1 Å². The minimum absolute atomic E-state index is 0.534. The summed E-state index contributed by atoms with van der Waals surface area (Å²) >= 11 is 0. The van der Waals surface area contributed by atoms with E-state index < -0.39 is 0 Å². The zero-order chi connectivity index (χ0) is 20.6. The summed E-state index contributed by atoms with van der Waals surface area (Å²) in [7, 11) is 1.67. The Morgan fingerprint density at radius 3 is 2.38 bits per heavy atom. The van der Waals surface area contributed by atoms with Crippen molar-refractivity contribution in [3.05, 3.63) is 47.5 Å². The molecule has 2 aromatic rings. The lowest BCUT2D eigenvalue weighted by Crippen LogP contribution is -2.37. The molecular formula is C25H33NO3. The molecule has 1 saturated carbocycles. The third-order valence-corrected chi connectivity index (χ3v) is 5.96. The molecule has 0 saturated heterocycles. The van der Waals surface area contributed by atoms with Crippen molar-refractivity contribution in [2.24, 2.45) is 0 Å². The average molecular weight is 396 g/mol. The van der Waals surface area contributed by atoms with E-state index in [0.29, 0.717) is 19.3 Å². The minimum atomic E-state index is 0.534. The molecule has 0 N–H and O–H groups in total. The number of anilines is 1. The third kappa shape index (κ3) is 5.18. The molecule has 1 fully saturated rings. The summed E-state index contributed by atoms with van der Waals surface area (Å²) in [5, 5.41) is 0. The van der Waals surface area contributed by atoms with Gasteiger partial charge in [-0.05, 0) is 67.6 Å². The van der Waals surface area contributed by atoms with E-state index in [4.69, 9.17) is 9.47 Å². The lowest BCUT2D eigenvalue weighted by Gasteiger charge is -2.37. The van der Waals surface area contributed by atoms with Gasteiger partial charge < -0.3 is 14.4 Å². The lowest BCUT2D eigenvalue weighted by atomic mass is 9.92. The maximum atomic E-state index is 11.8. The van der Waals surface area contributed by atoms with Gasteiger partial charge in [-0.25, -0.2) is 0 Å². The van der Waals surface area contributed by atoms with Gasteiger partial charge in [-0.15, -0.1) is 0 Å². The molecule has 4 heteroatoms. The molecule has 2 aromatic carbocycles. The Labute approximate surface area is 174 Å². The van der Waals surface area contributed by atoms with Gasteiger partial charge in [-0.1, -0.05) is 31.4 Å². The molecule has 0 atom stereocenters. The second-order valence-electron chi connectivity index (χ2n) is 7.77. The van der Waals surface area contributed by atoms with Gasteiger partial charge in [-0.2, -0.15) is 0 Å². The van der Waals surface area contributed by atoms with Crippen LogP contribution in [0.2, 0.25) is 0 Å². The van der Waals surface area contributed by atoms with E-state index in [-0.39, 0.29) is 0 Å². The molecule has 1 aliphatic carbocycles. The van der Waals surface area contributed by atoms with Crippen molar-refractivity contribution in [3.63, 3.8) is 0 Å². The van der Waals surface area contributed by atoms with E-state index in [1.54, 1.807) is 7.11 Å². The summed E-state index contributed by atoms with van der Waals surface area (Å²) in [5.74, 6) is 0.825. The summed E-state index contributed by atoms with van der Waals surface area (Å²) in [5.41, 5.74) is 5.21. The lowest BCUT2D eigenvalue weighted by molar-refractivity contribution is 0.112. The third-order valence-electron chi connectivity index (χ3n) is 5.96. The van der Waals surface area contributed by atoms with Crippen molar-refractivity contribution in [1.29, 1.82) is 0 Å². The van der Waals surface area contributed by atoms with Crippen LogP contribution in [0.15, 0.2) is 36.4 Å². The molecular weight excluding hydrogens is 362 g/mol. The number of carbonyl (C=O) groups is 1. The predicted octanol–water partition coefficient (Wildman–Crippen LogP) is 5.66. The first-order valence-electron chi connectivity index (χ1n) is 10.8. The van der Waals surface area contributed by atoms with Gasteiger partial charge in [0.05, 0.1) is 6.61 Å². The number of hydrogen-bond acceptors (Lipinski definition) is 4. The maximum absolute atomic E-state index is 11.8. The van der Waals surface area contributed by atoms with Crippen LogP contribution in [0.5, 0.6) is 5.75 Å². The summed E-state index contributed by atoms with van der Waals surface area (Å²) < 4.78 is 10.7. The second kappa shape index (κ2) is 10.4. The van der Waals surface area contributed by atoms with Crippen molar-refractivity contribution >= 4 is 12.0 Å². The number of methoxy groups -OCH3 is 1. The number of rotatable bonds is 9. The normalized spacial score (nSPS) is 14.6. The van der Waals surface area contributed by atoms with Crippen molar-refractivity contribution in [3.8, 4) is 16.9 Å². The van der Waals surface area contributed by atoms with Crippen LogP contribution in [0.4, 0.5) is 5.69 Å². The van der Waals surface area contributed by atoms with Gasteiger partial charge >= 0.3 is 0 Å². The second-order valence-corrected chi connectivity index (χ2v) is 7.77. The van der Waals surface area contributed by atoms with Crippen molar-refractivity contribution in [1.82, 2.24) is 0 Å². The number of nitrogens with zero attached hydrogens (tertiary/aromatic N) is 1. The molecule has 0 aromatic heterocycles. The predicted molar refractivity (Wildman–Crippen MR) is 119 cm³/mol. The molecule has 0 bridgehead atoms. The minimum Gasteiger partial charge on any atom is -0.491 e. The monoisotopic (exact) mass is 395 g/mol. The summed E-state index contributed by atoms with van der Waals surface area (Å²) in [6, 6.07) is 12.9. The number of carbonyl (C=O) groups excluding carboxylic acids is 1. The van der Waals surface area contributed by atoms with Crippen LogP contribution < -0.4 is 9.64 Å². The summed E-state index contributed by atoms with van der Waals surface area (Å²) in [4.78, 5) is 14.3. The van der Waals surface area contributed by atoms with Gasteiger partial charge in [-0.3, -0.25) is 4.79 Å². The van der Waals surface area contributed by atoms with Gasteiger partial charge in [0.25, 0.3) is 0 Å². The SMILES string of the molecule is CCN(c1cc(-c2ccc(OCCOC)cc2)cc(C=O)c1C)C1CCCCC1. The van der Waals surface area contributed by atoms with Crippen molar-refractivity contribution < 1.29 is 14.3 Å². The highest BCUT2D eigenvalue weighted by atomic mass is 16.5. The Morgan fingerprint density at radius 2 is 1.76 bits per heavy atom. The fraction of sp³-hybridized carbons (Fsp3) is 0.480. The Balaban J connectivity index is 1.91. The fourth-order valence-electron chi connectivity index (χ4n) is 4.31. The Hall–Kier alpha value is -2.33. The van der Waals surface area contributed by atoms with E-state index >= 15 is 0 Å². The highest BCUT2D eigenvalue weighted by molar-refractivity contribution is 5.85. The first-order chi connectivity index (χ1) is 14.2. The molecule has 156 valence electrons. The van der Waals surface area contributed by atoms with Gasteiger partial charge in [0.1, 0.15) is 18.6 Å².